The zero-order valence-electron chi connectivity index (χ0n) is 11.4. The maximum absolute atomic E-state index is 11.1. The third-order valence-electron chi connectivity index (χ3n) is 2.52. The lowest BCUT2D eigenvalue weighted by molar-refractivity contribution is -0.384. The van der Waals surface area contributed by atoms with Crippen LogP contribution >= 0.6 is 0 Å². The van der Waals surface area contributed by atoms with Crippen LogP contribution in [0.5, 0.6) is 11.5 Å². The highest BCUT2D eigenvalue weighted by Crippen LogP contribution is 2.37. The number of rotatable bonds is 7. The van der Waals surface area contributed by atoms with Crippen LogP contribution in [-0.2, 0) is 4.74 Å². The second-order valence-corrected chi connectivity index (χ2v) is 3.98. The minimum atomic E-state index is -0.468. The van der Waals surface area contributed by atoms with E-state index in [-0.39, 0.29) is 11.7 Å². The van der Waals surface area contributed by atoms with Crippen molar-refractivity contribution in [3.63, 3.8) is 0 Å². The standard InChI is InChI=1S/C12H18N2O5/c1-8(7-17-2)13-9-5-11(18-3)12(19-4)6-10(9)14(15)16/h5-6,8,13H,7H2,1-4H3. The highest BCUT2D eigenvalue weighted by Gasteiger charge is 2.20. The van der Waals surface area contributed by atoms with Crippen molar-refractivity contribution in [2.75, 3.05) is 33.3 Å². The lowest BCUT2D eigenvalue weighted by atomic mass is 10.2. The van der Waals surface area contributed by atoms with Gasteiger partial charge in [0.25, 0.3) is 5.69 Å². The molecule has 0 bridgehead atoms. The SMILES string of the molecule is COCC(C)Nc1cc(OC)c(OC)cc1[N+](=O)[O-]. The molecular formula is C12H18N2O5. The Bertz CT molecular complexity index is 450. The number of hydrogen-bond acceptors (Lipinski definition) is 6. The molecule has 0 saturated carbocycles. The van der Waals surface area contributed by atoms with E-state index < -0.39 is 4.92 Å². The normalized spacial score (nSPS) is 11.8. The van der Waals surface area contributed by atoms with Gasteiger partial charge in [-0.15, -0.1) is 0 Å². The summed E-state index contributed by atoms with van der Waals surface area (Å²) in [7, 11) is 4.48. The summed E-state index contributed by atoms with van der Waals surface area (Å²) in [5.74, 6) is 0.749. The smallest absolute Gasteiger partial charge is 0.296 e. The maximum atomic E-state index is 11.1. The molecule has 1 atom stereocenters. The quantitative estimate of drug-likeness (QED) is 0.603. The van der Waals surface area contributed by atoms with Gasteiger partial charge in [-0.2, -0.15) is 0 Å². The van der Waals surface area contributed by atoms with E-state index in [0.717, 1.165) is 0 Å². The highest BCUT2D eigenvalue weighted by molar-refractivity contribution is 5.68. The number of nitrogens with one attached hydrogen (secondary N) is 1. The van der Waals surface area contributed by atoms with Crippen molar-refractivity contribution < 1.29 is 19.1 Å². The number of hydrogen-bond donors (Lipinski definition) is 1. The van der Waals surface area contributed by atoms with E-state index in [9.17, 15) is 10.1 Å². The number of nitro groups is 1. The molecule has 0 aliphatic rings. The molecule has 1 aromatic rings. The van der Waals surface area contributed by atoms with Gasteiger partial charge in [0.2, 0.25) is 0 Å². The van der Waals surface area contributed by atoms with Crippen LogP contribution in [0.3, 0.4) is 0 Å². The fourth-order valence-electron chi connectivity index (χ4n) is 1.69. The average molecular weight is 270 g/mol. The van der Waals surface area contributed by atoms with Gasteiger partial charge in [-0.25, -0.2) is 0 Å². The van der Waals surface area contributed by atoms with Crippen LogP contribution in [0.1, 0.15) is 6.92 Å². The first-order valence-electron chi connectivity index (χ1n) is 5.69. The minimum Gasteiger partial charge on any atom is -0.493 e. The molecule has 19 heavy (non-hydrogen) atoms. The summed E-state index contributed by atoms with van der Waals surface area (Å²) in [6, 6.07) is 2.81. The van der Waals surface area contributed by atoms with Crippen LogP contribution < -0.4 is 14.8 Å². The van der Waals surface area contributed by atoms with Crippen LogP contribution in [-0.4, -0.2) is 38.9 Å². The Kier molecular flexibility index (Phi) is 5.37. The van der Waals surface area contributed by atoms with Crippen molar-refractivity contribution >= 4 is 11.4 Å². The van der Waals surface area contributed by atoms with Crippen molar-refractivity contribution in [3.8, 4) is 11.5 Å². The predicted molar refractivity (Wildman–Crippen MR) is 71.2 cm³/mol. The summed E-state index contributed by atoms with van der Waals surface area (Å²) in [6.45, 7) is 2.30. The van der Waals surface area contributed by atoms with Gasteiger partial charge in [0.15, 0.2) is 11.5 Å². The largest absolute Gasteiger partial charge is 0.493 e. The van der Waals surface area contributed by atoms with Crippen LogP contribution in [0.2, 0.25) is 0 Å². The van der Waals surface area contributed by atoms with Gasteiger partial charge in [0.1, 0.15) is 5.69 Å². The first-order valence-corrected chi connectivity index (χ1v) is 5.69. The Morgan fingerprint density at radius 2 is 1.84 bits per heavy atom. The van der Waals surface area contributed by atoms with Crippen molar-refractivity contribution in [3.05, 3.63) is 22.2 Å². The van der Waals surface area contributed by atoms with Crippen LogP contribution in [0.15, 0.2) is 12.1 Å². The van der Waals surface area contributed by atoms with Crippen LogP contribution in [0.25, 0.3) is 0 Å². The third-order valence-corrected chi connectivity index (χ3v) is 2.52. The van der Waals surface area contributed by atoms with Crippen LogP contribution in [0, 0.1) is 10.1 Å². The van der Waals surface area contributed by atoms with E-state index in [2.05, 4.69) is 5.32 Å². The first kappa shape index (κ1) is 15.0. The Morgan fingerprint density at radius 1 is 1.26 bits per heavy atom. The highest BCUT2D eigenvalue weighted by atomic mass is 16.6. The van der Waals surface area contributed by atoms with Crippen molar-refractivity contribution in [1.82, 2.24) is 0 Å². The van der Waals surface area contributed by atoms with Crippen molar-refractivity contribution in [2.45, 2.75) is 13.0 Å². The molecule has 1 aromatic carbocycles. The van der Waals surface area contributed by atoms with Gasteiger partial charge in [0, 0.05) is 19.2 Å². The van der Waals surface area contributed by atoms with Gasteiger partial charge in [0.05, 0.1) is 31.8 Å². The molecule has 1 N–H and O–H groups in total. The molecule has 0 fully saturated rings. The summed E-state index contributed by atoms with van der Waals surface area (Å²) in [5.41, 5.74) is 0.299. The minimum absolute atomic E-state index is 0.0678. The van der Waals surface area contributed by atoms with E-state index in [1.54, 1.807) is 13.2 Å². The summed E-state index contributed by atoms with van der Waals surface area (Å²) >= 11 is 0. The maximum Gasteiger partial charge on any atom is 0.296 e. The number of benzene rings is 1. The lowest BCUT2D eigenvalue weighted by Gasteiger charge is -2.16. The van der Waals surface area contributed by atoms with Gasteiger partial charge < -0.3 is 19.5 Å². The van der Waals surface area contributed by atoms with Gasteiger partial charge in [-0.3, -0.25) is 10.1 Å². The first-order chi connectivity index (χ1) is 9.03. The molecule has 0 amide bonds. The second kappa shape index (κ2) is 6.79. The molecule has 1 unspecified atom stereocenters. The van der Waals surface area contributed by atoms with Gasteiger partial charge in [-0.1, -0.05) is 0 Å². The molecule has 0 aromatic heterocycles. The molecule has 0 aliphatic heterocycles. The molecular weight excluding hydrogens is 252 g/mol. The number of anilines is 1. The Balaban J connectivity index is 3.16. The molecule has 7 nitrogen and oxygen atoms in total. The third kappa shape index (κ3) is 3.72. The van der Waals surface area contributed by atoms with E-state index >= 15 is 0 Å². The zero-order chi connectivity index (χ0) is 14.4. The Hall–Kier alpha value is -2.02. The van der Waals surface area contributed by atoms with Gasteiger partial charge >= 0.3 is 0 Å². The summed E-state index contributed by atoms with van der Waals surface area (Å²) in [6.07, 6.45) is 0. The Morgan fingerprint density at radius 3 is 2.32 bits per heavy atom. The van der Waals surface area contributed by atoms with E-state index in [4.69, 9.17) is 14.2 Å². The fraction of sp³-hybridized carbons (Fsp3) is 0.500. The molecule has 1 rings (SSSR count). The average Bonchev–Trinajstić information content (AvgIpc) is 2.38. The summed E-state index contributed by atoms with van der Waals surface area (Å²) in [5, 5.41) is 14.1. The Labute approximate surface area is 111 Å². The topological polar surface area (TPSA) is 82.9 Å². The lowest BCUT2D eigenvalue weighted by Crippen LogP contribution is -2.21. The fourth-order valence-corrected chi connectivity index (χ4v) is 1.69. The summed E-state index contributed by atoms with van der Waals surface area (Å²) in [4.78, 5) is 10.6. The molecule has 0 aliphatic carbocycles. The number of nitrogens with zero attached hydrogens (tertiary/aromatic N) is 1. The van der Waals surface area contributed by atoms with Gasteiger partial charge in [-0.05, 0) is 6.92 Å². The second-order valence-electron chi connectivity index (χ2n) is 3.98. The molecule has 0 heterocycles. The van der Waals surface area contributed by atoms with Crippen molar-refractivity contribution in [1.29, 1.82) is 0 Å². The molecule has 7 heteroatoms. The zero-order valence-corrected chi connectivity index (χ0v) is 11.4. The number of ether oxygens (including phenoxy) is 3. The molecule has 0 radical (unpaired) electrons. The molecule has 0 spiro atoms. The predicted octanol–water partition coefficient (Wildman–Crippen LogP) is 2.06. The van der Waals surface area contributed by atoms with E-state index in [1.807, 2.05) is 6.92 Å². The van der Waals surface area contributed by atoms with E-state index in [0.29, 0.717) is 23.8 Å². The number of nitro benzene ring substituents is 1. The number of methoxy groups -OCH3 is 3. The molecule has 106 valence electrons. The monoisotopic (exact) mass is 270 g/mol. The molecule has 0 saturated heterocycles. The summed E-state index contributed by atoms with van der Waals surface area (Å²) < 4.78 is 15.2. The van der Waals surface area contributed by atoms with Crippen molar-refractivity contribution in [2.24, 2.45) is 0 Å². The van der Waals surface area contributed by atoms with Crippen LogP contribution in [0.4, 0.5) is 11.4 Å². The van der Waals surface area contributed by atoms with E-state index in [1.165, 1.54) is 20.3 Å².